The largest absolute Gasteiger partial charge is 0.458 e. The van der Waals surface area contributed by atoms with Crippen molar-refractivity contribution in [2.24, 2.45) is 11.8 Å². The number of hydrogen-bond acceptors (Lipinski definition) is 2. The fourth-order valence-corrected chi connectivity index (χ4v) is 1.82. The summed E-state index contributed by atoms with van der Waals surface area (Å²) in [6.45, 7) is 11.8. The van der Waals surface area contributed by atoms with Gasteiger partial charge in [0, 0.05) is 0 Å². The molecule has 1 aliphatic carbocycles. The first kappa shape index (κ1) is 13.0. The van der Waals surface area contributed by atoms with Crippen LogP contribution in [0.2, 0.25) is 0 Å². The van der Waals surface area contributed by atoms with Crippen molar-refractivity contribution in [2.45, 2.75) is 46.6 Å². The molecule has 0 aliphatic heterocycles. The molecule has 0 N–H and O–H groups in total. The standard InChI is InChI=1S/C14H22O2/c1-9(2)12-7-6-11(5)13(8-12)16-14(15)10(3)4/h6,10,12-13H,1,7-8H2,2-5H3/t12-,13+/m0/s1. The number of carbonyl (C=O) groups excluding carboxylic acids is 1. The van der Waals surface area contributed by atoms with E-state index in [0.29, 0.717) is 5.92 Å². The van der Waals surface area contributed by atoms with E-state index in [1.807, 2.05) is 27.7 Å². The van der Waals surface area contributed by atoms with Crippen molar-refractivity contribution in [3.8, 4) is 0 Å². The maximum atomic E-state index is 11.6. The molecule has 0 heterocycles. The molecule has 1 rings (SSSR count). The van der Waals surface area contributed by atoms with Crippen LogP contribution in [-0.4, -0.2) is 12.1 Å². The number of ether oxygens (including phenoxy) is 1. The molecule has 1 aliphatic rings. The van der Waals surface area contributed by atoms with Gasteiger partial charge in [-0.25, -0.2) is 0 Å². The van der Waals surface area contributed by atoms with Gasteiger partial charge in [-0.1, -0.05) is 32.1 Å². The highest BCUT2D eigenvalue weighted by Crippen LogP contribution is 2.30. The molecule has 0 unspecified atom stereocenters. The van der Waals surface area contributed by atoms with Crippen molar-refractivity contribution in [1.29, 1.82) is 0 Å². The molecule has 0 amide bonds. The molecule has 0 aromatic heterocycles. The lowest BCUT2D eigenvalue weighted by atomic mass is 9.84. The van der Waals surface area contributed by atoms with E-state index in [4.69, 9.17) is 4.74 Å². The van der Waals surface area contributed by atoms with E-state index in [2.05, 4.69) is 12.7 Å². The monoisotopic (exact) mass is 222 g/mol. The van der Waals surface area contributed by atoms with Gasteiger partial charge in [0.25, 0.3) is 0 Å². The number of allylic oxidation sites excluding steroid dienone is 2. The zero-order chi connectivity index (χ0) is 12.3. The van der Waals surface area contributed by atoms with Gasteiger partial charge < -0.3 is 4.74 Å². The van der Waals surface area contributed by atoms with Gasteiger partial charge >= 0.3 is 5.97 Å². The Labute approximate surface area is 98.4 Å². The van der Waals surface area contributed by atoms with Crippen molar-refractivity contribution in [3.05, 3.63) is 23.8 Å². The smallest absolute Gasteiger partial charge is 0.308 e. The lowest BCUT2D eigenvalue weighted by Crippen LogP contribution is -2.27. The molecule has 90 valence electrons. The van der Waals surface area contributed by atoms with Gasteiger partial charge in [0.05, 0.1) is 5.92 Å². The highest BCUT2D eigenvalue weighted by Gasteiger charge is 2.26. The fourth-order valence-electron chi connectivity index (χ4n) is 1.82. The summed E-state index contributed by atoms with van der Waals surface area (Å²) in [6.07, 6.45) is 4.03. The van der Waals surface area contributed by atoms with Crippen LogP contribution in [0.1, 0.15) is 40.5 Å². The van der Waals surface area contributed by atoms with E-state index in [0.717, 1.165) is 12.8 Å². The van der Waals surface area contributed by atoms with E-state index >= 15 is 0 Å². The Bertz CT molecular complexity index is 313. The average molecular weight is 222 g/mol. The Morgan fingerprint density at radius 2 is 2.19 bits per heavy atom. The summed E-state index contributed by atoms with van der Waals surface area (Å²) in [5.41, 5.74) is 2.35. The first-order valence-corrected chi connectivity index (χ1v) is 5.94. The summed E-state index contributed by atoms with van der Waals surface area (Å²) < 4.78 is 5.50. The summed E-state index contributed by atoms with van der Waals surface area (Å²) in [7, 11) is 0. The molecule has 0 aromatic carbocycles. The van der Waals surface area contributed by atoms with Gasteiger partial charge in [-0.2, -0.15) is 0 Å². The Kier molecular flexibility index (Phi) is 4.34. The normalized spacial score (nSPS) is 25.2. The first-order chi connectivity index (χ1) is 7.41. The maximum absolute atomic E-state index is 11.6. The van der Waals surface area contributed by atoms with Crippen LogP contribution in [0.25, 0.3) is 0 Å². The molecule has 2 nitrogen and oxygen atoms in total. The second-order valence-electron chi connectivity index (χ2n) is 5.04. The summed E-state index contributed by atoms with van der Waals surface area (Å²) in [5, 5.41) is 0. The van der Waals surface area contributed by atoms with Gasteiger partial charge in [0.1, 0.15) is 6.10 Å². The van der Waals surface area contributed by atoms with E-state index < -0.39 is 0 Å². The fraction of sp³-hybridized carbons (Fsp3) is 0.643. The van der Waals surface area contributed by atoms with E-state index in [1.54, 1.807) is 0 Å². The SMILES string of the molecule is C=C(C)[C@H]1CC=C(C)[C@H](OC(=O)C(C)C)C1. The third-order valence-electron chi connectivity index (χ3n) is 3.16. The van der Waals surface area contributed by atoms with Crippen molar-refractivity contribution >= 4 is 5.97 Å². The molecule has 0 radical (unpaired) electrons. The molecule has 16 heavy (non-hydrogen) atoms. The highest BCUT2D eigenvalue weighted by molar-refractivity contribution is 5.72. The predicted molar refractivity (Wildman–Crippen MR) is 66.0 cm³/mol. The van der Waals surface area contributed by atoms with Crippen LogP contribution >= 0.6 is 0 Å². The number of esters is 1. The Morgan fingerprint density at radius 3 is 2.69 bits per heavy atom. The zero-order valence-corrected chi connectivity index (χ0v) is 10.7. The summed E-state index contributed by atoms with van der Waals surface area (Å²) in [5.74, 6) is 0.284. The second kappa shape index (κ2) is 5.33. The van der Waals surface area contributed by atoms with Gasteiger partial charge in [-0.3, -0.25) is 4.79 Å². The quantitative estimate of drug-likeness (QED) is 0.539. The summed E-state index contributed by atoms with van der Waals surface area (Å²) in [4.78, 5) is 11.6. The van der Waals surface area contributed by atoms with Crippen molar-refractivity contribution in [3.63, 3.8) is 0 Å². The molecule has 0 bridgehead atoms. The zero-order valence-electron chi connectivity index (χ0n) is 10.7. The van der Waals surface area contributed by atoms with Gasteiger partial charge in [0.2, 0.25) is 0 Å². The summed E-state index contributed by atoms with van der Waals surface area (Å²) >= 11 is 0. The topological polar surface area (TPSA) is 26.3 Å². The third-order valence-corrected chi connectivity index (χ3v) is 3.16. The molecule has 2 heteroatoms. The van der Waals surface area contributed by atoms with Crippen molar-refractivity contribution < 1.29 is 9.53 Å². The highest BCUT2D eigenvalue weighted by atomic mass is 16.5. The van der Waals surface area contributed by atoms with Crippen molar-refractivity contribution in [2.75, 3.05) is 0 Å². The van der Waals surface area contributed by atoms with Crippen molar-refractivity contribution in [1.82, 2.24) is 0 Å². The Balaban J connectivity index is 2.65. The molecule has 0 saturated carbocycles. The lowest BCUT2D eigenvalue weighted by Gasteiger charge is -2.29. The molecule has 0 saturated heterocycles. The minimum absolute atomic E-state index is 0.0506. The molecular weight excluding hydrogens is 200 g/mol. The second-order valence-corrected chi connectivity index (χ2v) is 5.04. The minimum atomic E-state index is -0.111. The molecule has 2 atom stereocenters. The van der Waals surface area contributed by atoms with Crippen LogP contribution in [0.5, 0.6) is 0 Å². The maximum Gasteiger partial charge on any atom is 0.308 e. The molecular formula is C14H22O2. The lowest BCUT2D eigenvalue weighted by molar-refractivity contribution is -0.151. The van der Waals surface area contributed by atoms with Crippen LogP contribution in [0.15, 0.2) is 23.8 Å². The number of carbonyl (C=O) groups is 1. The number of hydrogen-bond donors (Lipinski definition) is 0. The Hall–Kier alpha value is -1.05. The van der Waals surface area contributed by atoms with E-state index in [-0.39, 0.29) is 18.0 Å². The van der Waals surface area contributed by atoms with E-state index in [1.165, 1.54) is 11.1 Å². The van der Waals surface area contributed by atoms with Crippen LogP contribution < -0.4 is 0 Å². The van der Waals surface area contributed by atoms with Gasteiger partial charge in [-0.05, 0) is 38.2 Å². The first-order valence-electron chi connectivity index (χ1n) is 5.94. The van der Waals surface area contributed by atoms with Crippen LogP contribution in [0.4, 0.5) is 0 Å². The molecule has 0 aromatic rings. The molecule has 0 fully saturated rings. The number of rotatable bonds is 3. The van der Waals surface area contributed by atoms with E-state index in [9.17, 15) is 4.79 Å². The average Bonchev–Trinajstić information content (AvgIpc) is 2.20. The third kappa shape index (κ3) is 3.22. The Morgan fingerprint density at radius 1 is 1.56 bits per heavy atom. The summed E-state index contributed by atoms with van der Waals surface area (Å²) in [6, 6.07) is 0. The van der Waals surface area contributed by atoms with Crippen LogP contribution in [0, 0.1) is 11.8 Å². The van der Waals surface area contributed by atoms with Crippen LogP contribution in [-0.2, 0) is 9.53 Å². The van der Waals surface area contributed by atoms with Crippen LogP contribution in [0.3, 0.4) is 0 Å². The van der Waals surface area contributed by atoms with Gasteiger partial charge in [-0.15, -0.1) is 0 Å². The van der Waals surface area contributed by atoms with Gasteiger partial charge in [0.15, 0.2) is 0 Å². The molecule has 0 spiro atoms. The minimum Gasteiger partial charge on any atom is -0.458 e. The predicted octanol–water partition coefficient (Wildman–Crippen LogP) is 3.49.